The molecule has 1 rings (SSSR count). The van der Waals surface area contributed by atoms with Gasteiger partial charge >= 0.3 is 0 Å². The van der Waals surface area contributed by atoms with Gasteiger partial charge in [0.05, 0.1) is 10.9 Å². The number of hydrogen-bond donors (Lipinski definition) is 1. The molecule has 2 atom stereocenters. The first-order valence-corrected chi connectivity index (χ1v) is 6.57. The van der Waals surface area contributed by atoms with E-state index in [1.165, 1.54) is 6.07 Å². The molecule has 0 radical (unpaired) electrons. The van der Waals surface area contributed by atoms with Crippen LogP contribution in [0.4, 0.5) is 4.39 Å². The Morgan fingerprint density at radius 1 is 1.53 bits per heavy atom. The molecule has 0 aliphatic carbocycles. The van der Waals surface area contributed by atoms with Gasteiger partial charge in [-0.2, -0.15) is 0 Å². The summed E-state index contributed by atoms with van der Waals surface area (Å²) >= 11 is 3.28. The van der Waals surface area contributed by atoms with Crippen LogP contribution in [0.25, 0.3) is 0 Å². The van der Waals surface area contributed by atoms with Crippen molar-refractivity contribution in [2.75, 3.05) is 0 Å². The smallest absolute Gasteiger partial charge is 0.234 e. The maximum atomic E-state index is 13.4. The molecule has 0 fully saturated rings. The van der Waals surface area contributed by atoms with Crippen molar-refractivity contribution in [3.63, 3.8) is 0 Å². The van der Waals surface area contributed by atoms with E-state index in [-0.39, 0.29) is 22.6 Å². The highest BCUT2D eigenvalue weighted by Crippen LogP contribution is 2.17. The topological polar surface area (TPSA) is 29.1 Å². The number of halogens is 2. The van der Waals surface area contributed by atoms with E-state index in [1.807, 2.05) is 19.9 Å². The van der Waals surface area contributed by atoms with E-state index in [0.717, 1.165) is 12.0 Å². The minimum atomic E-state index is -0.241. The molecule has 1 amide bonds. The summed E-state index contributed by atoms with van der Waals surface area (Å²) in [5, 5.41) is 2.84. The third-order valence-corrected chi connectivity index (χ3v) is 3.76. The van der Waals surface area contributed by atoms with Crippen molar-refractivity contribution in [3.8, 4) is 0 Å². The maximum absolute atomic E-state index is 13.4. The largest absolute Gasteiger partial charge is 0.349 e. The molecule has 2 unspecified atom stereocenters. The van der Waals surface area contributed by atoms with Gasteiger partial charge in [0.15, 0.2) is 0 Å². The van der Waals surface area contributed by atoms with Gasteiger partial charge in [0, 0.05) is 0 Å². The summed E-state index contributed by atoms with van der Waals surface area (Å²) in [6.07, 6.45) is 0.723. The van der Waals surface area contributed by atoms with E-state index in [9.17, 15) is 9.18 Å². The summed E-state index contributed by atoms with van der Waals surface area (Å²) < 4.78 is 13.4. The van der Waals surface area contributed by atoms with Gasteiger partial charge in [0.1, 0.15) is 5.82 Å². The molecule has 1 N–H and O–H groups in total. The van der Waals surface area contributed by atoms with Gasteiger partial charge in [0.2, 0.25) is 5.91 Å². The molecule has 0 spiro atoms. The summed E-state index contributed by atoms with van der Waals surface area (Å²) in [4.78, 5) is 11.5. The first kappa shape index (κ1) is 14.2. The monoisotopic (exact) mass is 301 g/mol. The van der Waals surface area contributed by atoms with Crippen molar-refractivity contribution in [2.24, 2.45) is 0 Å². The average Bonchev–Trinajstić information content (AvgIpc) is 2.31. The Balaban J connectivity index is 2.73. The molecule has 4 heteroatoms. The van der Waals surface area contributed by atoms with E-state index in [2.05, 4.69) is 21.2 Å². The minimum Gasteiger partial charge on any atom is -0.349 e. The molecule has 0 heterocycles. The Kier molecular flexibility index (Phi) is 5.12. The second-order valence-electron chi connectivity index (χ2n) is 4.11. The third-order valence-electron chi connectivity index (χ3n) is 2.70. The molecule has 0 saturated heterocycles. The second-order valence-corrected chi connectivity index (χ2v) is 5.22. The molecule has 0 saturated carbocycles. The van der Waals surface area contributed by atoms with E-state index >= 15 is 0 Å². The van der Waals surface area contributed by atoms with Gasteiger partial charge in [-0.15, -0.1) is 0 Å². The van der Waals surface area contributed by atoms with Crippen LogP contribution in [0.2, 0.25) is 0 Å². The number of amides is 1. The van der Waals surface area contributed by atoms with Gasteiger partial charge in [-0.1, -0.05) is 35.0 Å². The quantitative estimate of drug-likeness (QED) is 0.848. The van der Waals surface area contributed by atoms with E-state index in [0.29, 0.717) is 5.56 Å². The van der Waals surface area contributed by atoms with Crippen LogP contribution in [0.15, 0.2) is 18.2 Å². The highest BCUT2D eigenvalue weighted by molar-refractivity contribution is 9.10. The molecule has 0 aromatic heterocycles. The highest BCUT2D eigenvalue weighted by atomic mass is 79.9. The summed E-state index contributed by atoms with van der Waals surface area (Å²) in [5.74, 6) is -0.310. The van der Waals surface area contributed by atoms with Gasteiger partial charge < -0.3 is 5.32 Å². The fourth-order valence-electron chi connectivity index (χ4n) is 1.45. The Bertz CT molecular complexity index is 408. The fraction of sp³-hybridized carbons (Fsp3) is 0.462. The summed E-state index contributed by atoms with van der Waals surface area (Å²) in [5.41, 5.74) is 1.39. The van der Waals surface area contributed by atoms with Crippen molar-refractivity contribution >= 4 is 21.8 Å². The van der Waals surface area contributed by atoms with Crippen LogP contribution in [0, 0.1) is 12.7 Å². The van der Waals surface area contributed by atoms with Gasteiger partial charge in [-0.05, 0) is 37.5 Å². The zero-order chi connectivity index (χ0) is 13.0. The number of aryl methyl sites for hydroxylation is 1. The molecule has 1 aromatic rings. The number of carbonyl (C=O) groups excluding carboxylic acids is 1. The molecule has 94 valence electrons. The fourth-order valence-corrected chi connectivity index (χ4v) is 1.58. The van der Waals surface area contributed by atoms with Gasteiger partial charge in [-0.25, -0.2) is 4.39 Å². The van der Waals surface area contributed by atoms with Crippen LogP contribution in [0.1, 0.15) is 37.4 Å². The molecular formula is C13H17BrFNO. The predicted octanol–water partition coefficient (Wildman–Crippen LogP) is 3.48. The minimum absolute atomic E-state index is 0.0685. The molecule has 1 aromatic carbocycles. The molecule has 2 nitrogen and oxygen atoms in total. The number of alkyl halides is 1. The first-order valence-electron chi connectivity index (χ1n) is 5.66. The van der Waals surface area contributed by atoms with E-state index < -0.39 is 0 Å². The molecule has 0 bridgehead atoms. The van der Waals surface area contributed by atoms with Crippen LogP contribution >= 0.6 is 15.9 Å². The predicted molar refractivity (Wildman–Crippen MR) is 70.7 cm³/mol. The Morgan fingerprint density at radius 3 is 2.71 bits per heavy atom. The van der Waals surface area contributed by atoms with Crippen molar-refractivity contribution < 1.29 is 9.18 Å². The third kappa shape index (κ3) is 3.80. The summed E-state index contributed by atoms with van der Waals surface area (Å²) in [7, 11) is 0. The van der Waals surface area contributed by atoms with Gasteiger partial charge in [0.25, 0.3) is 0 Å². The molecule has 17 heavy (non-hydrogen) atoms. The summed E-state index contributed by atoms with van der Waals surface area (Å²) in [6, 6.07) is 4.83. The van der Waals surface area contributed by atoms with Crippen LogP contribution in [-0.2, 0) is 4.79 Å². The Morgan fingerprint density at radius 2 is 2.18 bits per heavy atom. The van der Waals surface area contributed by atoms with Crippen molar-refractivity contribution in [1.82, 2.24) is 5.32 Å². The zero-order valence-corrected chi connectivity index (χ0v) is 11.8. The number of hydrogen-bond acceptors (Lipinski definition) is 1. The van der Waals surface area contributed by atoms with Crippen molar-refractivity contribution in [3.05, 3.63) is 35.1 Å². The highest BCUT2D eigenvalue weighted by Gasteiger charge is 2.16. The van der Waals surface area contributed by atoms with Crippen LogP contribution < -0.4 is 5.32 Å². The van der Waals surface area contributed by atoms with Crippen molar-refractivity contribution in [2.45, 2.75) is 38.1 Å². The first-order chi connectivity index (χ1) is 7.95. The standard InChI is InChI=1S/C13H17BrFNO/c1-4-11(14)13(17)16-9(3)10-6-5-8(2)12(15)7-10/h5-7,9,11H,4H2,1-3H3,(H,16,17). The normalized spacial score (nSPS) is 14.2. The number of nitrogens with one attached hydrogen (secondary N) is 1. The molecular weight excluding hydrogens is 285 g/mol. The lowest BCUT2D eigenvalue weighted by atomic mass is 10.1. The lowest BCUT2D eigenvalue weighted by Crippen LogP contribution is -2.32. The Labute approximate surface area is 110 Å². The zero-order valence-electron chi connectivity index (χ0n) is 10.3. The number of benzene rings is 1. The average molecular weight is 302 g/mol. The number of carbonyl (C=O) groups is 1. The van der Waals surface area contributed by atoms with Crippen molar-refractivity contribution in [1.29, 1.82) is 0 Å². The second kappa shape index (κ2) is 6.15. The van der Waals surface area contributed by atoms with Crippen LogP contribution in [-0.4, -0.2) is 10.7 Å². The van der Waals surface area contributed by atoms with E-state index in [4.69, 9.17) is 0 Å². The van der Waals surface area contributed by atoms with Crippen LogP contribution in [0.3, 0.4) is 0 Å². The van der Waals surface area contributed by atoms with Gasteiger partial charge in [-0.3, -0.25) is 4.79 Å². The number of rotatable bonds is 4. The lowest BCUT2D eigenvalue weighted by molar-refractivity contribution is -0.121. The van der Waals surface area contributed by atoms with E-state index in [1.54, 1.807) is 13.0 Å². The SMILES string of the molecule is CCC(Br)C(=O)NC(C)c1ccc(C)c(F)c1. The summed E-state index contributed by atoms with van der Waals surface area (Å²) in [6.45, 7) is 5.49. The van der Waals surface area contributed by atoms with Crippen LogP contribution in [0.5, 0.6) is 0 Å². The molecule has 0 aliphatic heterocycles. The lowest BCUT2D eigenvalue weighted by Gasteiger charge is -2.16. The Hall–Kier alpha value is -0.900. The molecule has 0 aliphatic rings. The maximum Gasteiger partial charge on any atom is 0.234 e.